The number of anilines is 1. The number of carbonyl (C=O) groups is 2. The number of nitrogens with one attached hydrogen (secondary N) is 1. The fourth-order valence-corrected chi connectivity index (χ4v) is 2.72. The molecule has 138 valence electrons. The molecular formula is C19H21NO6. The molecule has 1 aromatic carbocycles. The Morgan fingerprint density at radius 2 is 1.92 bits per heavy atom. The molecular weight excluding hydrogens is 338 g/mol. The van der Waals surface area contributed by atoms with Gasteiger partial charge in [-0.2, -0.15) is 0 Å². The highest BCUT2D eigenvalue weighted by molar-refractivity contribution is 6.03. The van der Waals surface area contributed by atoms with Gasteiger partial charge >= 0.3 is 5.97 Å². The van der Waals surface area contributed by atoms with Crippen molar-refractivity contribution in [3.05, 3.63) is 47.4 Å². The van der Waals surface area contributed by atoms with Crippen molar-refractivity contribution in [2.24, 2.45) is 5.92 Å². The Labute approximate surface area is 150 Å². The molecule has 0 atom stereocenters. The molecule has 0 aliphatic carbocycles. The van der Waals surface area contributed by atoms with E-state index < -0.39 is 11.9 Å². The number of carbonyl (C=O) groups excluding carboxylic acids is 1. The van der Waals surface area contributed by atoms with Crippen LogP contribution >= 0.6 is 0 Å². The highest BCUT2D eigenvalue weighted by atomic mass is 16.5. The second-order valence-corrected chi connectivity index (χ2v) is 6.27. The van der Waals surface area contributed by atoms with E-state index in [9.17, 15) is 9.59 Å². The average Bonchev–Trinajstić information content (AvgIpc) is 3.14. The summed E-state index contributed by atoms with van der Waals surface area (Å²) in [4.78, 5) is 23.0. The molecule has 1 amide bonds. The van der Waals surface area contributed by atoms with Gasteiger partial charge < -0.3 is 24.3 Å². The van der Waals surface area contributed by atoms with Gasteiger partial charge in [0.15, 0.2) is 5.76 Å². The lowest BCUT2D eigenvalue weighted by Crippen LogP contribution is -2.21. The number of hydrogen-bond donors (Lipinski definition) is 2. The number of carboxylic acid groups (broad SMARTS) is 1. The Bertz CT molecular complexity index is 791. The van der Waals surface area contributed by atoms with Crippen molar-refractivity contribution in [3.63, 3.8) is 0 Å². The van der Waals surface area contributed by atoms with Crippen LogP contribution in [0.2, 0.25) is 0 Å². The van der Waals surface area contributed by atoms with Crippen molar-refractivity contribution < 1.29 is 28.6 Å². The number of benzene rings is 1. The molecule has 1 fully saturated rings. The lowest BCUT2D eigenvalue weighted by Gasteiger charge is -2.22. The van der Waals surface area contributed by atoms with Crippen LogP contribution in [-0.2, 0) is 4.74 Å². The Morgan fingerprint density at radius 3 is 2.62 bits per heavy atom. The molecule has 0 bridgehead atoms. The molecule has 2 aromatic rings. The Kier molecular flexibility index (Phi) is 5.58. The minimum absolute atomic E-state index is 0.0624. The van der Waals surface area contributed by atoms with Gasteiger partial charge in [0.25, 0.3) is 5.91 Å². The van der Waals surface area contributed by atoms with Crippen molar-refractivity contribution in [3.8, 4) is 5.75 Å². The largest absolute Gasteiger partial charge is 0.493 e. The van der Waals surface area contributed by atoms with E-state index in [1.54, 1.807) is 12.1 Å². The third-order valence-corrected chi connectivity index (χ3v) is 4.30. The van der Waals surface area contributed by atoms with Crippen LogP contribution < -0.4 is 10.1 Å². The van der Waals surface area contributed by atoms with E-state index in [1.165, 1.54) is 12.1 Å². The third kappa shape index (κ3) is 4.43. The summed E-state index contributed by atoms with van der Waals surface area (Å²) in [5, 5.41) is 11.5. The van der Waals surface area contributed by atoms with Crippen LogP contribution in [0.15, 0.2) is 34.7 Å². The molecule has 7 heteroatoms. The van der Waals surface area contributed by atoms with Crippen molar-refractivity contribution in [2.45, 2.75) is 19.8 Å². The zero-order chi connectivity index (χ0) is 18.5. The van der Waals surface area contributed by atoms with Crippen LogP contribution in [0.1, 0.15) is 39.5 Å². The van der Waals surface area contributed by atoms with Crippen molar-refractivity contribution in [2.75, 3.05) is 25.1 Å². The number of hydrogen-bond acceptors (Lipinski definition) is 5. The van der Waals surface area contributed by atoms with E-state index in [2.05, 4.69) is 5.32 Å². The highest BCUT2D eigenvalue weighted by Crippen LogP contribution is 2.25. The SMILES string of the molecule is Cc1ccc(NC(=O)c2ccc(C(=O)O)o2)cc1OCC1CCOCC1. The number of amides is 1. The Hall–Kier alpha value is -2.80. The minimum Gasteiger partial charge on any atom is -0.493 e. The van der Waals surface area contributed by atoms with Crippen LogP contribution in [0.3, 0.4) is 0 Å². The maximum absolute atomic E-state index is 12.2. The van der Waals surface area contributed by atoms with Crippen LogP contribution in [0.25, 0.3) is 0 Å². The predicted molar refractivity (Wildman–Crippen MR) is 93.8 cm³/mol. The molecule has 0 radical (unpaired) electrons. The molecule has 1 aliphatic rings. The Morgan fingerprint density at radius 1 is 1.19 bits per heavy atom. The van der Waals surface area contributed by atoms with E-state index in [4.69, 9.17) is 19.0 Å². The van der Waals surface area contributed by atoms with E-state index in [-0.39, 0.29) is 11.5 Å². The fraction of sp³-hybridized carbons (Fsp3) is 0.368. The molecule has 1 aromatic heterocycles. The molecule has 3 rings (SSSR count). The number of carboxylic acids is 1. The summed E-state index contributed by atoms with van der Waals surface area (Å²) in [6, 6.07) is 7.95. The van der Waals surface area contributed by atoms with Gasteiger partial charge in [-0.3, -0.25) is 4.79 Å². The first-order valence-electron chi connectivity index (χ1n) is 8.48. The van der Waals surface area contributed by atoms with E-state index in [0.717, 1.165) is 31.6 Å². The summed E-state index contributed by atoms with van der Waals surface area (Å²) < 4.78 is 16.3. The van der Waals surface area contributed by atoms with Crippen LogP contribution in [-0.4, -0.2) is 36.8 Å². The first kappa shape index (κ1) is 18.0. The maximum atomic E-state index is 12.2. The van der Waals surface area contributed by atoms with Crippen molar-refractivity contribution >= 4 is 17.6 Å². The Balaban J connectivity index is 1.64. The number of aromatic carboxylic acids is 1. The lowest BCUT2D eigenvalue weighted by atomic mass is 10.0. The van der Waals surface area contributed by atoms with Gasteiger partial charge in [-0.1, -0.05) is 6.07 Å². The van der Waals surface area contributed by atoms with Gasteiger partial charge in [0.2, 0.25) is 5.76 Å². The molecule has 0 spiro atoms. The molecule has 0 saturated carbocycles. The number of ether oxygens (including phenoxy) is 2. The molecule has 2 heterocycles. The van der Waals surface area contributed by atoms with E-state index in [1.807, 2.05) is 13.0 Å². The first-order valence-corrected chi connectivity index (χ1v) is 8.48. The van der Waals surface area contributed by atoms with Gasteiger partial charge in [0, 0.05) is 25.0 Å². The summed E-state index contributed by atoms with van der Waals surface area (Å²) in [5.74, 6) is -0.897. The average molecular weight is 359 g/mol. The fourth-order valence-electron chi connectivity index (χ4n) is 2.72. The number of furan rings is 1. The summed E-state index contributed by atoms with van der Waals surface area (Å²) in [7, 11) is 0. The second kappa shape index (κ2) is 8.05. The summed E-state index contributed by atoms with van der Waals surface area (Å²) in [6.45, 7) is 4.09. The molecule has 0 unspecified atom stereocenters. The summed E-state index contributed by atoms with van der Waals surface area (Å²) >= 11 is 0. The van der Waals surface area contributed by atoms with Crippen molar-refractivity contribution in [1.82, 2.24) is 0 Å². The number of rotatable bonds is 6. The molecule has 1 saturated heterocycles. The standard InChI is InChI=1S/C19H21NO6/c1-12-2-3-14(10-17(12)25-11-13-6-8-24-9-7-13)20-18(21)15-4-5-16(26-15)19(22)23/h2-5,10,13H,6-9,11H2,1H3,(H,20,21)(H,22,23). The predicted octanol–water partition coefficient (Wildman–Crippen LogP) is 3.34. The van der Waals surface area contributed by atoms with Gasteiger partial charge in [0.1, 0.15) is 5.75 Å². The normalized spacial score (nSPS) is 14.8. The van der Waals surface area contributed by atoms with Crippen LogP contribution in [0, 0.1) is 12.8 Å². The van der Waals surface area contributed by atoms with Crippen LogP contribution in [0.4, 0.5) is 5.69 Å². The molecule has 2 N–H and O–H groups in total. The van der Waals surface area contributed by atoms with Crippen LogP contribution in [0.5, 0.6) is 5.75 Å². The molecule has 7 nitrogen and oxygen atoms in total. The maximum Gasteiger partial charge on any atom is 0.371 e. The molecule has 26 heavy (non-hydrogen) atoms. The van der Waals surface area contributed by atoms with E-state index >= 15 is 0 Å². The molecule has 1 aliphatic heterocycles. The first-order chi connectivity index (χ1) is 12.5. The summed E-state index contributed by atoms with van der Waals surface area (Å²) in [6.07, 6.45) is 1.97. The van der Waals surface area contributed by atoms with Crippen molar-refractivity contribution in [1.29, 1.82) is 0 Å². The lowest BCUT2D eigenvalue weighted by molar-refractivity contribution is 0.0496. The quantitative estimate of drug-likeness (QED) is 0.821. The topological polar surface area (TPSA) is 98.0 Å². The monoisotopic (exact) mass is 359 g/mol. The minimum atomic E-state index is -1.22. The second-order valence-electron chi connectivity index (χ2n) is 6.27. The van der Waals surface area contributed by atoms with Gasteiger partial charge in [-0.05, 0) is 49.4 Å². The zero-order valence-corrected chi connectivity index (χ0v) is 14.5. The zero-order valence-electron chi connectivity index (χ0n) is 14.5. The van der Waals surface area contributed by atoms with E-state index in [0.29, 0.717) is 24.0 Å². The smallest absolute Gasteiger partial charge is 0.371 e. The summed E-state index contributed by atoms with van der Waals surface area (Å²) in [5.41, 5.74) is 1.53. The van der Waals surface area contributed by atoms with Gasteiger partial charge in [-0.25, -0.2) is 4.79 Å². The third-order valence-electron chi connectivity index (χ3n) is 4.30. The number of aryl methyl sites for hydroxylation is 1. The highest BCUT2D eigenvalue weighted by Gasteiger charge is 2.17. The van der Waals surface area contributed by atoms with Gasteiger partial charge in [0.05, 0.1) is 6.61 Å². The van der Waals surface area contributed by atoms with Gasteiger partial charge in [-0.15, -0.1) is 0 Å².